The summed E-state index contributed by atoms with van der Waals surface area (Å²) in [7, 11) is 0.0694. The van der Waals surface area contributed by atoms with E-state index in [9.17, 15) is 13.2 Å². The van der Waals surface area contributed by atoms with Crippen molar-refractivity contribution in [3.05, 3.63) is 23.8 Å². The zero-order valence-electron chi connectivity index (χ0n) is 15.3. The Morgan fingerprint density at radius 1 is 1.24 bits per heavy atom. The molecule has 0 spiro atoms. The fourth-order valence-corrected chi connectivity index (χ4v) is 4.94. The molecular formula is C18H27NO5S. The molecule has 0 aromatic heterocycles. The maximum atomic E-state index is 12.3. The molecule has 2 rings (SSSR count). The summed E-state index contributed by atoms with van der Waals surface area (Å²) in [5.74, 6) is 1.66. The Morgan fingerprint density at radius 2 is 1.92 bits per heavy atom. The van der Waals surface area contributed by atoms with Gasteiger partial charge >= 0.3 is 0 Å². The molecule has 1 aliphatic rings. The molecular weight excluding hydrogens is 342 g/mol. The highest BCUT2D eigenvalue weighted by atomic mass is 32.2. The van der Waals surface area contributed by atoms with Gasteiger partial charge in [-0.25, -0.2) is 8.42 Å². The minimum atomic E-state index is -3.10. The fraction of sp³-hybridized carbons (Fsp3) is 0.611. The van der Waals surface area contributed by atoms with Crippen molar-refractivity contribution >= 4 is 15.7 Å². The topological polar surface area (TPSA) is 72.9 Å². The van der Waals surface area contributed by atoms with Gasteiger partial charge in [-0.3, -0.25) is 4.79 Å². The summed E-state index contributed by atoms with van der Waals surface area (Å²) < 4.78 is 34.8. The van der Waals surface area contributed by atoms with E-state index in [1.807, 2.05) is 26.0 Å². The Labute approximate surface area is 150 Å². The molecule has 25 heavy (non-hydrogen) atoms. The molecule has 0 N–H and O–H groups in total. The molecule has 140 valence electrons. The summed E-state index contributed by atoms with van der Waals surface area (Å²) in [6, 6.07) is 5.51. The Kier molecular flexibility index (Phi) is 6.32. The van der Waals surface area contributed by atoms with Crippen molar-refractivity contribution in [1.29, 1.82) is 0 Å². The summed E-state index contributed by atoms with van der Waals surface area (Å²) in [6.45, 7) is 4.41. The number of hydrogen-bond donors (Lipinski definition) is 0. The van der Waals surface area contributed by atoms with Crippen LogP contribution >= 0.6 is 0 Å². The first-order chi connectivity index (χ1) is 11.8. The minimum Gasteiger partial charge on any atom is -0.497 e. The minimum absolute atomic E-state index is 0.0196. The highest BCUT2D eigenvalue weighted by Gasteiger charge is 2.39. The fourth-order valence-electron chi connectivity index (χ4n) is 2.93. The van der Waals surface area contributed by atoms with E-state index in [-0.39, 0.29) is 17.6 Å². The van der Waals surface area contributed by atoms with Crippen LogP contribution in [-0.2, 0) is 21.1 Å². The summed E-state index contributed by atoms with van der Waals surface area (Å²) in [5, 5.41) is -0.408. The van der Waals surface area contributed by atoms with Crippen molar-refractivity contribution in [2.45, 2.75) is 31.9 Å². The van der Waals surface area contributed by atoms with E-state index < -0.39 is 15.1 Å². The molecule has 1 aliphatic heterocycles. The van der Waals surface area contributed by atoms with Gasteiger partial charge in [-0.05, 0) is 24.0 Å². The molecule has 1 aromatic carbocycles. The molecule has 1 amide bonds. The monoisotopic (exact) mass is 369 g/mol. The SMILES string of the molecule is COc1ccc(CCC(=O)N2CC(S(=O)(=O)CC(C)C)C2)c(OC)c1. The van der Waals surface area contributed by atoms with Crippen LogP contribution < -0.4 is 9.47 Å². The molecule has 1 heterocycles. The number of nitrogens with zero attached hydrogens (tertiary/aromatic N) is 1. The van der Waals surface area contributed by atoms with Crippen LogP contribution in [-0.4, -0.2) is 57.5 Å². The smallest absolute Gasteiger partial charge is 0.222 e. The first-order valence-corrected chi connectivity index (χ1v) is 10.2. The van der Waals surface area contributed by atoms with Gasteiger partial charge in [-0.2, -0.15) is 0 Å². The van der Waals surface area contributed by atoms with Crippen LogP contribution in [0.15, 0.2) is 18.2 Å². The molecule has 6 nitrogen and oxygen atoms in total. The highest BCUT2D eigenvalue weighted by Crippen LogP contribution is 2.26. The number of hydrogen-bond acceptors (Lipinski definition) is 5. The van der Waals surface area contributed by atoms with E-state index in [1.165, 1.54) is 0 Å². The van der Waals surface area contributed by atoms with Gasteiger partial charge in [0.1, 0.15) is 11.5 Å². The number of likely N-dealkylation sites (tertiary alicyclic amines) is 1. The lowest BCUT2D eigenvalue weighted by Gasteiger charge is -2.39. The van der Waals surface area contributed by atoms with Crippen LogP contribution in [0, 0.1) is 5.92 Å². The molecule has 1 fully saturated rings. The van der Waals surface area contributed by atoms with Crippen LogP contribution in [0.1, 0.15) is 25.8 Å². The number of aryl methyl sites for hydroxylation is 1. The van der Waals surface area contributed by atoms with Crippen molar-refractivity contribution in [3.63, 3.8) is 0 Å². The third-order valence-corrected chi connectivity index (χ3v) is 6.82. The number of rotatable bonds is 8. The predicted octanol–water partition coefficient (Wildman–Crippen LogP) is 1.92. The third-order valence-electron chi connectivity index (χ3n) is 4.38. The molecule has 7 heteroatoms. The zero-order chi connectivity index (χ0) is 18.6. The molecule has 0 radical (unpaired) electrons. The van der Waals surface area contributed by atoms with Gasteiger partial charge in [0.15, 0.2) is 9.84 Å². The first kappa shape index (κ1) is 19.6. The highest BCUT2D eigenvalue weighted by molar-refractivity contribution is 7.92. The molecule has 0 saturated carbocycles. The van der Waals surface area contributed by atoms with Crippen LogP contribution in [0.2, 0.25) is 0 Å². The third kappa shape index (κ3) is 4.87. The molecule has 0 bridgehead atoms. The Hall–Kier alpha value is -1.76. The first-order valence-electron chi connectivity index (χ1n) is 8.47. The quantitative estimate of drug-likeness (QED) is 0.700. The number of benzene rings is 1. The van der Waals surface area contributed by atoms with E-state index >= 15 is 0 Å². The van der Waals surface area contributed by atoms with Gasteiger partial charge < -0.3 is 14.4 Å². The van der Waals surface area contributed by atoms with E-state index in [0.29, 0.717) is 37.4 Å². The maximum Gasteiger partial charge on any atom is 0.222 e. The zero-order valence-corrected chi connectivity index (χ0v) is 16.1. The maximum absolute atomic E-state index is 12.3. The van der Waals surface area contributed by atoms with Crippen LogP contribution in [0.5, 0.6) is 11.5 Å². The number of carbonyl (C=O) groups is 1. The van der Waals surface area contributed by atoms with Gasteiger partial charge in [-0.15, -0.1) is 0 Å². The number of methoxy groups -OCH3 is 2. The molecule has 0 atom stereocenters. The summed E-state index contributed by atoms with van der Waals surface area (Å²) in [6.07, 6.45) is 0.881. The van der Waals surface area contributed by atoms with Gasteiger partial charge in [0.05, 0.1) is 25.2 Å². The Bertz CT molecular complexity index is 708. The number of carbonyl (C=O) groups excluding carboxylic acids is 1. The van der Waals surface area contributed by atoms with Crippen LogP contribution in [0.4, 0.5) is 0 Å². The van der Waals surface area contributed by atoms with E-state index in [1.54, 1.807) is 25.2 Å². The number of sulfone groups is 1. The van der Waals surface area contributed by atoms with Crippen molar-refractivity contribution in [2.24, 2.45) is 5.92 Å². The predicted molar refractivity (Wildman–Crippen MR) is 96.9 cm³/mol. The second-order valence-electron chi connectivity index (χ2n) is 6.82. The average Bonchev–Trinajstić information content (AvgIpc) is 2.49. The van der Waals surface area contributed by atoms with Crippen molar-refractivity contribution in [1.82, 2.24) is 4.90 Å². The summed E-state index contributed by atoms with van der Waals surface area (Å²) in [4.78, 5) is 13.9. The Morgan fingerprint density at radius 3 is 2.48 bits per heavy atom. The summed E-state index contributed by atoms with van der Waals surface area (Å²) >= 11 is 0. The van der Waals surface area contributed by atoms with Crippen LogP contribution in [0.3, 0.4) is 0 Å². The average molecular weight is 369 g/mol. The number of amides is 1. The van der Waals surface area contributed by atoms with E-state index in [4.69, 9.17) is 9.47 Å². The van der Waals surface area contributed by atoms with Gasteiger partial charge in [0.25, 0.3) is 0 Å². The Balaban J connectivity index is 1.87. The van der Waals surface area contributed by atoms with Crippen molar-refractivity contribution in [2.75, 3.05) is 33.1 Å². The lowest BCUT2D eigenvalue weighted by molar-refractivity contribution is -0.134. The van der Waals surface area contributed by atoms with Gasteiger partial charge in [0, 0.05) is 25.6 Å². The van der Waals surface area contributed by atoms with Crippen molar-refractivity contribution < 1.29 is 22.7 Å². The molecule has 0 unspecified atom stereocenters. The molecule has 1 saturated heterocycles. The second-order valence-corrected chi connectivity index (χ2v) is 9.15. The largest absolute Gasteiger partial charge is 0.497 e. The molecule has 0 aliphatic carbocycles. The lowest BCUT2D eigenvalue weighted by atomic mass is 10.1. The van der Waals surface area contributed by atoms with E-state index in [2.05, 4.69) is 0 Å². The lowest BCUT2D eigenvalue weighted by Crippen LogP contribution is -2.57. The number of ether oxygens (including phenoxy) is 2. The van der Waals surface area contributed by atoms with Gasteiger partial charge in [-0.1, -0.05) is 19.9 Å². The summed E-state index contributed by atoms with van der Waals surface area (Å²) in [5.41, 5.74) is 0.932. The van der Waals surface area contributed by atoms with Gasteiger partial charge in [0.2, 0.25) is 5.91 Å². The normalized spacial score (nSPS) is 15.2. The van der Waals surface area contributed by atoms with Crippen molar-refractivity contribution in [3.8, 4) is 11.5 Å². The standard InChI is InChI=1S/C18H27NO5S/c1-13(2)12-25(21,22)16-10-19(11-16)18(20)8-6-14-5-7-15(23-3)9-17(14)24-4/h5,7,9,13,16H,6,8,10-12H2,1-4H3. The van der Waals surface area contributed by atoms with E-state index in [0.717, 1.165) is 5.56 Å². The second kappa shape index (κ2) is 8.08. The van der Waals surface area contributed by atoms with Crippen LogP contribution in [0.25, 0.3) is 0 Å². The molecule has 1 aromatic rings.